The molecule has 0 bridgehead atoms. The molecular weight excluding hydrogens is 454 g/mol. The fourth-order valence-electron chi connectivity index (χ4n) is 3.27. The molecule has 1 aliphatic rings. The Kier molecular flexibility index (Phi) is 5.59. The first-order valence-corrected chi connectivity index (χ1v) is 9.66. The number of halogens is 5. The van der Waals surface area contributed by atoms with E-state index in [4.69, 9.17) is 11.6 Å². The van der Waals surface area contributed by atoms with E-state index in [1.165, 1.54) is 23.1 Å². The Morgan fingerprint density at radius 2 is 1.94 bits per heavy atom. The number of rotatable bonds is 3. The van der Waals surface area contributed by atoms with Gasteiger partial charge in [-0.05, 0) is 36.4 Å². The predicted molar refractivity (Wildman–Crippen MR) is 106 cm³/mol. The van der Waals surface area contributed by atoms with Crippen LogP contribution in [0, 0.1) is 5.82 Å². The van der Waals surface area contributed by atoms with Crippen molar-refractivity contribution in [3.63, 3.8) is 0 Å². The van der Waals surface area contributed by atoms with Gasteiger partial charge in [0.15, 0.2) is 5.69 Å². The number of pyridine rings is 1. The van der Waals surface area contributed by atoms with E-state index < -0.39 is 23.6 Å². The highest BCUT2D eigenvalue weighted by Crippen LogP contribution is 2.31. The minimum Gasteiger partial charge on any atom is -0.353 e. The van der Waals surface area contributed by atoms with E-state index in [0.29, 0.717) is 0 Å². The van der Waals surface area contributed by atoms with Gasteiger partial charge in [-0.1, -0.05) is 11.6 Å². The summed E-state index contributed by atoms with van der Waals surface area (Å²) in [6, 6.07) is 6.93. The first-order chi connectivity index (χ1) is 15.1. The van der Waals surface area contributed by atoms with Crippen molar-refractivity contribution in [2.45, 2.75) is 6.18 Å². The molecule has 2 amide bonds. The van der Waals surface area contributed by atoms with E-state index in [-0.39, 0.29) is 53.2 Å². The maximum Gasteiger partial charge on any atom is 0.433 e. The molecule has 2 aromatic heterocycles. The molecule has 0 aliphatic carbocycles. The number of benzene rings is 1. The Morgan fingerprint density at radius 3 is 2.62 bits per heavy atom. The van der Waals surface area contributed by atoms with Crippen LogP contribution in [0.25, 0.3) is 16.9 Å². The third-order valence-corrected chi connectivity index (χ3v) is 4.91. The van der Waals surface area contributed by atoms with Gasteiger partial charge in [-0.2, -0.15) is 18.3 Å². The molecule has 1 aromatic carbocycles. The monoisotopic (exact) mass is 467 g/mol. The summed E-state index contributed by atoms with van der Waals surface area (Å²) in [5, 5.41) is 6.82. The summed E-state index contributed by atoms with van der Waals surface area (Å²) in [4.78, 5) is 29.1. The van der Waals surface area contributed by atoms with Gasteiger partial charge in [0.1, 0.15) is 11.5 Å². The highest BCUT2D eigenvalue weighted by Gasteiger charge is 2.33. The first kappa shape index (κ1) is 21.8. The number of aromatic nitrogens is 3. The smallest absolute Gasteiger partial charge is 0.353 e. The molecule has 32 heavy (non-hydrogen) atoms. The van der Waals surface area contributed by atoms with Crippen LogP contribution in [-0.4, -0.2) is 51.1 Å². The van der Waals surface area contributed by atoms with Crippen molar-refractivity contribution in [2.75, 3.05) is 19.6 Å². The van der Waals surface area contributed by atoms with Gasteiger partial charge in [0.05, 0.1) is 17.9 Å². The molecule has 12 heteroatoms. The lowest BCUT2D eigenvalue weighted by molar-refractivity contribution is -0.141. The molecule has 1 fully saturated rings. The number of carbonyl (C=O) groups is 2. The highest BCUT2D eigenvalue weighted by molar-refractivity contribution is 6.30. The lowest BCUT2D eigenvalue weighted by Gasteiger charge is -2.25. The molecule has 7 nitrogen and oxygen atoms in total. The number of carbonyl (C=O) groups excluding carboxylic acids is 2. The summed E-state index contributed by atoms with van der Waals surface area (Å²) in [6.45, 7) is 0.323. The second-order valence-electron chi connectivity index (χ2n) is 6.96. The Morgan fingerprint density at radius 1 is 1.16 bits per heavy atom. The fraction of sp³-hybridized carbons (Fsp3) is 0.200. The molecule has 0 atom stereocenters. The third-order valence-electron chi connectivity index (χ3n) is 4.69. The molecule has 4 rings (SSSR count). The molecule has 1 N–H and O–H groups in total. The molecule has 3 heterocycles. The summed E-state index contributed by atoms with van der Waals surface area (Å²) in [6.07, 6.45) is -3.75. The van der Waals surface area contributed by atoms with E-state index >= 15 is 0 Å². The Balaban J connectivity index is 1.84. The number of amides is 2. The zero-order chi connectivity index (χ0) is 23.0. The van der Waals surface area contributed by atoms with Crippen LogP contribution < -0.4 is 5.32 Å². The van der Waals surface area contributed by atoms with Crippen LogP contribution in [0.1, 0.15) is 16.2 Å². The lowest BCUT2D eigenvalue weighted by atomic mass is 10.1. The number of hydrogen-bond acceptors (Lipinski definition) is 4. The van der Waals surface area contributed by atoms with Gasteiger partial charge in [0.25, 0.3) is 5.91 Å². The number of piperazine rings is 1. The summed E-state index contributed by atoms with van der Waals surface area (Å²) in [7, 11) is 0. The largest absolute Gasteiger partial charge is 0.433 e. The van der Waals surface area contributed by atoms with Crippen LogP contribution in [0.3, 0.4) is 0 Å². The van der Waals surface area contributed by atoms with Crippen LogP contribution in [-0.2, 0) is 11.0 Å². The van der Waals surface area contributed by atoms with Crippen molar-refractivity contribution in [3.8, 4) is 16.9 Å². The number of alkyl halides is 3. The van der Waals surface area contributed by atoms with Crippen LogP contribution in [0.4, 0.5) is 17.6 Å². The van der Waals surface area contributed by atoms with Crippen molar-refractivity contribution >= 4 is 23.4 Å². The summed E-state index contributed by atoms with van der Waals surface area (Å²) in [5.74, 6) is -1.61. The normalized spacial score (nSPS) is 14.4. The van der Waals surface area contributed by atoms with Crippen LogP contribution in [0.5, 0.6) is 0 Å². The highest BCUT2D eigenvalue weighted by atomic mass is 35.5. The van der Waals surface area contributed by atoms with Gasteiger partial charge in [-0.3, -0.25) is 14.6 Å². The van der Waals surface area contributed by atoms with E-state index in [0.717, 1.165) is 29.1 Å². The average Bonchev–Trinajstić information content (AvgIpc) is 3.17. The fourth-order valence-corrected chi connectivity index (χ4v) is 3.49. The van der Waals surface area contributed by atoms with Crippen molar-refractivity contribution in [3.05, 3.63) is 64.8 Å². The number of nitrogens with one attached hydrogen (secondary N) is 1. The van der Waals surface area contributed by atoms with Crippen molar-refractivity contribution in [1.29, 1.82) is 0 Å². The molecule has 0 spiro atoms. The molecule has 0 saturated carbocycles. The summed E-state index contributed by atoms with van der Waals surface area (Å²) < 4.78 is 54.6. The number of nitrogens with zero attached hydrogens (tertiary/aromatic N) is 4. The maximum atomic E-state index is 14.0. The molecule has 0 radical (unpaired) electrons. The molecule has 166 valence electrons. The van der Waals surface area contributed by atoms with E-state index in [9.17, 15) is 27.2 Å². The van der Waals surface area contributed by atoms with Crippen molar-refractivity contribution < 1.29 is 27.2 Å². The van der Waals surface area contributed by atoms with E-state index in [1.54, 1.807) is 0 Å². The Hall–Kier alpha value is -3.47. The van der Waals surface area contributed by atoms with Gasteiger partial charge < -0.3 is 10.2 Å². The van der Waals surface area contributed by atoms with Gasteiger partial charge >= 0.3 is 6.18 Å². The predicted octanol–water partition coefficient (Wildman–Crippen LogP) is 3.32. The standard InChI is InChI=1S/C20H14ClF4N5O2/c21-12-5-11(6-13(22)7-12)16-9-15(19(32)29-4-3-27-18(31)10-29)28-30(16)14-1-2-26-17(8-14)20(23,24)25/h1-2,5-9H,3-4,10H2,(H,27,31). The molecule has 3 aromatic rings. The zero-order valence-corrected chi connectivity index (χ0v) is 16.9. The SMILES string of the molecule is O=C1CN(C(=O)c2cc(-c3cc(F)cc(Cl)c3)n(-c3ccnc(C(F)(F)F)c3)n2)CCN1. The topological polar surface area (TPSA) is 80.1 Å². The zero-order valence-electron chi connectivity index (χ0n) is 16.2. The molecule has 0 unspecified atom stereocenters. The maximum absolute atomic E-state index is 14.0. The summed E-state index contributed by atoms with van der Waals surface area (Å²) in [5.41, 5.74) is -0.994. The quantitative estimate of drug-likeness (QED) is 0.599. The Labute approximate surface area is 183 Å². The Bertz CT molecular complexity index is 1190. The molecule has 1 saturated heterocycles. The lowest BCUT2D eigenvalue weighted by Crippen LogP contribution is -2.50. The minimum atomic E-state index is -4.70. The minimum absolute atomic E-state index is 0.0434. The third kappa shape index (κ3) is 4.42. The van der Waals surface area contributed by atoms with Gasteiger partial charge in [-0.15, -0.1) is 0 Å². The molecule has 1 aliphatic heterocycles. The summed E-state index contributed by atoms with van der Waals surface area (Å²) >= 11 is 5.94. The molecular formula is C20H14ClF4N5O2. The van der Waals surface area contributed by atoms with E-state index in [1.807, 2.05) is 0 Å². The van der Waals surface area contributed by atoms with E-state index in [2.05, 4.69) is 15.4 Å². The van der Waals surface area contributed by atoms with Crippen molar-refractivity contribution in [1.82, 2.24) is 25.0 Å². The van der Waals surface area contributed by atoms with Gasteiger partial charge in [0, 0.05) is 29.9 Å². The van der Waals surface area contributed by atoms with Crippen LogP contribution in [0.2, 0.25) is 5.02 Å². The second-order valence-corrected chi connectivity index (χ2v) is 7.39. The average molecular weight is 468 g/mol. The van der Waals surface area contributed by atoms with Crippen LogP contribution >= 0.6 is 11.6 Å². The van der Waals surface area contributed by atoms with Crippen LogP contribution in [0.15, 0.2) is 42.6 Å². The van der Waals surface area contributed by atoms with Crippen molar-refractivity contribution in [2.24, 2.45) is 0 Å². The van der Waals surface area contributed by atoms with Gasteiger partial charge in [0.2, 0.25) is 5.91 Å². The number of hydrogen-bond donors (Lipinski definition) is 1. The second kappa shape index (κ2) is 8.23. The van der Waals surface area contributed by atoms with Gasteiger partial charge in [-0.25, -0.2) is 9.07 Å². The first-order valence-electron chi connectivity index (χ1n) is 9.28.